The lowest BCUT2D eigenvalue weighted by Crippen LogP contribution is -2.47. The van der Waals surface area contributed by atoms with E-state index in [1.165, 1.54) is 0 Å². The van der Waals surface area contributed by atoms with Crippen LogP contribution in [-0.2, 0) is 22.3 Å². The van der Waals surface area contributed by atoms with Crippen LogP contribution in [0, 0.1) is 11.8 Å². The minimum atomic E-state index is -0.941. The third kappa shape index (κ3) is 7.30. The van der Waals surface area contributed by atoms with Gasteiger partial charge in [-0.1, -0.05) is 19.1 Å². The van der Waals surface area contributed by atoms with Crippen LogP contribution < -0.4 is 18.9 Å². The Morgan fingerprint density at radius 3 is 2.43 bits per heavy atom. The molecule has 10 heteroatoms. The molecular weight excluding hydrogens is 773 g/mol. The van der Waals surface area contributed by atoms with Crippen LogP contribution in [0.25, 0.3) is 21.9 Å². The number of aliphatic hydroxyl groups excluding tert-OH is 1. The van der Waals surface area contributed by atoms with E-state index in [1.54, 1.807) is 31.4 Å². The molecule has 0 amide bonds. The number of methoxy groups -OCH3 is 1. The van der Waals surface area contributed by atoms with Gasteiger partial charge in [0.25, 0.3) is 0 Å². The van der Waals surface area contributed by atoms with Crippen molar-refractivity contribution in [1.29, 1.82) is 0 Å². The molecule has 10 rings (SSSR count). The Morgan fingerprint density at radius 1 is 0.770 bits per heavy atom. The van der Waals surface area contributed by atoms with Crippen molar-refractivity contribution in [2.24, 2.45) is 11.8 Å². The summed E-state index contributed by atoms with van der Waals surface area (Å²) in [5, 5.41) is 46.9. The van der Waals surface area contributed by atoms with Crippen LogP contribution in [0.2, 0.25) is 0 Å². The highest BCUT2D eigenvalue weighted by Gasteiger charge is 2.51. The fourth-order valence-electron chi connectivity index (χ4n) is 11.0. The van der Waals surface area contributed by atoms with E-state index < -0.39 is 18.1 Å². The number of rotatable bonds is 11. The van der Waals surface area contributed by atoms with E-state index in [0.29, 0.717) is 56.1 Å². The van der Waals surface area contributed by atoms with Crippen LogP contribution in [-0.4, -0.2) is 66.2 Å². The van der Waals surface area contributed by atoms with Crippen LogP contribution >= 0.6 is 0 Å². The summed E-state index contributed by atoms with van der Waals surface area (Å²) in [6, 6.07) is 20.4. The Kier molecular flexibility index (Phi) is 10.9. The second-order valence-electron chi connectivity index (χ2n) is 17.7. The summed E-state index contributed by atoms with van der Waals surface area (Å²) >= 11 is 0. The predicted octanol–water partition coefficient (Wildman–Crippen LogP) is 9.97. The fourth-order valence-corrected chi connectivity index (χ4v) is 11.0. The van der Waals surface area contributed by atoms with Crippen molar-refractivity contribution in [2.75, 3.05) is 33.5 Å². The summed E-state index contributed by atoms with van der Waals surface area (Å²) in [6.07, 6.45) is 6.78. The van der Waals surface area contributed by atoms with Gasteiger partial charge in [-0.05, 0) is 141 Å². The molecule has 0 saturated heterocycles. The minimum Gasteiger partial charge on any atom is -0.508 e. The highest BCUT2D eigenvalue weighted by molar-refractivity contribution is 5.98. The predicted molar refractivity (Wildman–Crippen MR) is 231 cm³/mol. The van der Waals surface area contributed by atoms with Crippen molar-refractivity contribution in [3.63, 3.8) is 0 Å². The van der Waals surface area contributed by atoms with Gasteiger partial charge in [-0.15, -0.1) is 0 Å². The Balaban J connectivity index is 1.09. The lowest BCUT2D eigenvalue weighted by molar-refractivity contribution is -0.111. The van der Waals surface area contributed by atoms with Crippen molar-refractivity contribution in [3.05, 3.63) is 100 Å². The molecule has 0 unspecified atom stereocenters. The number of phenolic OH excluding ortho intramolecular Hbond substituents is 3. The number of ether oxygens (including phenoxy) is 6. The van der Waals surface area contributed by atoms with Crippen molar-refractivity contribution in [1.82, 2.24) is 0 Å². The van der Waals surface area contributed by atoms with Gasteiger partial charge in [-0.25, -0.2) is 0 Å². The average Bonchev–Trinajstić information content (AvgIpc) is 3.69. The molecule has 5 aromatic rings. The minimum absolute atomic E-state index is 0.0879. The first-order valence-electron chi connectivity index (χ1n) is 22.3. The normalized spacial score (nSPS) is 24.2. The maximum atomic E-state index is 12.9. The molecule has 1 saturated carbocycles. The zero-order valence-electron chi connectivity index (χ0n) is 35.0. The molecule has 0 radical (unpaired) electrons. The van der Waals surface area contributed by atoms with E-state index in [9.17, 15) is 20.4 Å². The van der Waals surface area contributed by atoms with Crippen LogP contribution in [0.5, 0.6) is 40.2 Å². The number of hydrogen-bond donors (Lipinski definition) is 4. The SMILES string of the molecule is CCc1cc(-c2cccc(O)c2)c(Cc2cc(OC3CCCC3)cc3c2OC[C@H]([C@H]2[C@@H](CCCOC)Oc4c5c6c(c7cc(O)ccc47)OCC[C@@H]6CCO[C@@H]52)[C@@H]3O)cc1O. The number of aryl methyl sites for hydroxylation is 1. The lowest BCUT2D eigenvalue weighted by Gasteiger charge is -2.47. The molecule has 4 N–H and O–H groups in total. The Morgan fingerprint density at radius 2 is 1.61 bits per heavy atom. The van der Waals surface area contributed by atoms with E-state index in [4.69, 9.17) is 28.4 Å². The van der Waals surface area contributed by atoms with Crippen molar-refractivity contribution >= 4 is 10.8 Å². The second-order valence-corrected chi connectivity index (χ2v) is 17.7. The molecule has 1 aliphatic carbocycles. The van der Waals surface area contributed by atoms with Crippen molar-refractivity contribution in [2.45, 2.75) is 101 Å². The topological polar surface area (TPSA) is 136 Å². The highest BCUT2D eigenvalue weighted by atomic mass is 16.5. The van der Waals surface area contributed by atoms with Crippen LogP contribution in [0.4, 0.5) is 0 Å². The van der Waals surface area contributed by atoms with Gasteiger partial charge in [0.05, 0.1) is 31.5 Å². The largest absolute Gasteiger partial charge is 0.508 e. The van der Waals surface area contributed by atoms with Crippen LogP contribution in [0.3, 0.4) is 0 Å². The van der Waals surface area contributed by atoms with E-state index >= 15 is 0 Å². The molecule has 4 heterocycles. The third-order valence-corrected chi connectivity index (χ3v) is 14.0. The molecule has 320 valence electrons. The first-order chi connectivity index (χ1) is 29.8. The summed E-state index contributed by atoms with van der Waals surface area (Å²) in [5.74, 6) is 2.96. The quantitative estimate of drug-likeness (QED) is 0.0953. The van der Waals surface area contributed by atoms with Gasteiger partial charge >= 0.3 is 0 Å². The molecular formula is C51H56O10. The summed E-state index contributed by atoms with van der Waals surface area (Å²) < 4.78 is 39.8. The van der Waals surface area contributed by atoms with Gasteiger partial charge in [0.1, 0.15) is 46.4 Å². The average molecular weight is 829 g/mol. The molecule has 6 atom stereocenters. The van der Waals surface area contributed by atoms with E-state index in [-0.39, 0.29) is 47.9 Å². The molecule has 61 heavy (non-hydrogen) atoms. The first kappa shape index (κ1) is 39.9. The first-order valence-corrected chi connectivity index (χ1v) is 22.3. The molecule has 0 bridgehead atoms. The Labute approximate surface area is 357 Å². The summed E-state index contributed by atoms with van der Waals surface area (Å²) in [7, 11) is 1.71. The maximum absolute atomic E-state index is 12.9. The van der Waals surface area contributed by atoms with Crippen LogP contribution in [0.1, 0.15) is 110 Å². The number of aromatic hydroxyl groups is 3. The van der Waals surface area contributed by atoms with Crippen LogP contribution in [0.15, 0.2) is 66.7 Å². The van der Waals surface area contributed by atoms with Gasteiger partial charge < -0.3 is 48.8 Å². The molecule has 1 fully saturated rings. The molecule has 0 aromatic heterocycles. The maximum Gasteiger partial charge on any atom is 0.133 e. The summed E-state index contributed by atoms with van der Waals surface area (Å²) in [5.41, 5.74) is 7.05. The van der Waals surface area contributed by atoms with Gasteiger partial charge in [-0.2, -0.15) is 0 Å². The Bertz CT molecular complexity index is 2440. The van der Waals surface area contributed by atoms with Crippen molar-refractivity contribution < 1.29 is 48.8 Å². The summed E-state index contributed by atoms with van der Waals surface area (Å²) in [6.45, 7) is 3.96. The molecule has 5 aromatic carbocycles. The number of aliphatic hydroxyl groups is 1. The monoisotopic (exact) mass is 828 g/mol. The van der Waals surface area contributed by atoms with Gasteiger partial charge in [-0.3, -0.25) is 0 Å². The zero-order chi connectivity index (χ0) is 41.8. The smallest absolute Gasteiger partial charge is 0.133 e. The van der Waals surface area contributed by atoms with E-state index in [2.05, 4.69) is 0 Å². The van der Waals surface area contributed by atoms with E-state index in [0.717, 1.165) is 106 Å². The number of phenols is 3. The number of hydrogen-bond acceptors (Lipinski definition) is 10. The lowest BCUT2D eigenvalue weighted by atomic mass is 9.70. The van der Waals surface area contributed by atoms with Gasteiger partial charge in [0.15, 0.2) is 0 Å². The fraction of sp³-hybridized carbons (Fsp3) is 0.451. The third-order valence-electron chi connectivity index (χ3n) is 14.0. The molecule has 0 spiro atoms. The number of benzene rings is 5. The molecule has 5 aliphatic rings. The molecule has 10 nitrogen and oxygen atoms in total. The van der Waals surface area contributed by atoms with Crippen molar-refractivity contribution in [3.8, 4) is 51.4 Å². The Hall–Kier alpha value is -5.16. The van der Waals surface area contributed by atoms with E-state index in [1.807, 2.05) is 49.4 Å². The highest BCUT2D eigenvalue weighted by Crippen LogP contribution is 2.59. The molecule has 4 aliphatic heterocycles. The summed E-state index contributed by atoms with van der Waals surface area (Å²) in [4.78, 5) is 0. The number of fused-ring (bicyclic) bond motifs is 4. The van der Waals surface area contributed by atoms with Gasteiger partial charge in [0, 0.05) is 71.6 Å². The standard InChI is InChI=1S/C51H56O10/c1-3-28-23-38(30-8-6-9-33(52)21-30)31(24-42(28)54)20-32-22-36(60-35-10-4-5-11-35)26-40-47(55)41(27-59-48(32)40)45-43(12-7-17-56-2)61-50-37-14-13-34(53)25-39(37)49-44-29(15-18-57-49)16-19-58-51(45)46(44)50/h6,8-9,13-14,21-26,29,35,41,43,45,47,51-55H,3-5,7,10-12,15-20,27H2,1-2H3/t29-,41-,43-,45+,47-,51-/m1/s1. The van der Waals surface area contributed by atoms with Gasteiger partial charge in [0.2, 0.25) is 0 Å². The second kappa shape index (κ2) is 16.6. The zero-order valence-corrected chi connectivity index (χ0v) is 35.0.